The molecule has 4 aromatic rings. The van der Waals surface area contributed by atoms with Crippen LogP contribution < -0.4 is 0 Å². The Labute approximate surface area is 185 Å². The normalized spacial score (nSPS) is 19.3. The van der Waals surface area contributed by atoms with Gasteiger partial charge in [0.05, 0.1) is 23.8 Å². The van der Waals surface area contributed by atoms with Crippen molar-refractivity contribution in [3.63, 3.8) is 0 Å². The summed E-state index contributed by atoms with van der Waals surface area (Å²) in [6.07, 6.45) is 2.27. The summed E-state index contributed by atoms with van der Waals surface area (Å²) in [6, 6.07) is 9.44. The fraction of sp³-hybridized carbons (Fsp3) is 0.360. The highest BCUT2D eigenvalue weighted by atomic mass is 19.1. The SMILES string of the molecule is Cc1cc(-n2c(C(C)C)c(C3CC[C@@H](C(=O)O)OC3)c3cc4[nH]ncc4cc32)ccc1F. The molecule has 0 saturated carbocycles. The predicted molar refractivity (Wildman–Crippen MR) is 121 cm³/mol. The van der Waals surface area contributed by atoms with Crippen molar-refractivity contribution in [2.45, 2.75) is 51.6 Å². The highest BCUT2D eigenvalue weighted by Gasteiger charge is 2.33. The van der Waals surface area contributed by atoms with E-state index in [1.807, 2.05) is 12.1 Å². The van der Waals surface area contributed by atoms with Crippen molar-refractivity contribution >= 4 is 27.8 Å². The standard InChI is InChI=1S/C25H26FN3O3/c1-13(2)24-23(15-4-7-22(25(30)31)32-12-15)18-10-20-16(11-27-28-20)9-21(18)29(24)17-5-6-19(26)14(3)8-17/h5-6,8-11,13,15,22H,4,7,12H2,1-3H3,(H,27,28)(H,30,31)/t15?,22-/m0/s1. The predicted octanol–water partition coefficient (Wildman–Crippen LogP) is 5.42. The number of nitrogens with one attached hydrogen (secondary N) is 1. The number of halogens is 1. The Kier molecular flexibility index (Phi) is 5.01. The molecular formula is C25H26FN3O3. The van der Waals surface area contributed by atoms with Crippen molar-refractivity contribution in [3.05, 3.63) is 59.2 Å². The van der Waals surface area contributed by atoms with E-state index < -0.39 is 12.1 Å². The molecule has 7 heteroatoms. The second-order valence-corrected chi connectivity index (χ2v) is 8.98. The largest absolute Gasteiger partial charge is 0.479 e. The van der Waals surface area contributed by atoms with Crippen LogP contribution in [0.25, 0.3) is 27.5 Å². The van der Waals surface area contributed by atoms with E-state index in [9.17, 15) is 14.3 Å². The Morgan fingerprint density at radius 2 is 2.09 bits per heavy atom. The Hall–Kier alpha value is -3.19. The Bertz CT molecular complexity index is 1330. The van der Waals surface area contributed by atoms with Crippen LogP contribution in [0.1, 0.15) is 55.3 Å². The van der Waals surface area contributed by atoms with Gasteiger partial charge >= 0.3 is 5.97 Å². The van der Waals surface area contributed by atoms with Crippen molar-refractivity contribution in [1.29, 1.82) is 0 Å². The van der Waals surface area contributed by atoms with Crippen molar-refractivity contribution < 1.29 is 19.0 Å². The van der Waals surface area contributed by atoms with Gasteiger partial charge in [-0.25, -0.2) is 9.18 Å². The summed E-state index contributed by atoms with van der Waals surface area (Å²) >= 11 is 0. The molecule has 0 bridgehead atoms. The number of hydrogen-bond donors (Lipinski definition) is 2. The number of carbonyl (C=O) groups is 1. The van der Waals surface area contributed by atoms with Crippen LogP contribution in [0, 0.1) is 12.7 Å². The molecule has 1 aliphatic heterocycles. The van der Waals surface area contributed by atoms with Gasteiger partial charge in [0, 0.05) is 28.1 Å². The third-order valence-electron chi connectivity index (χ3n) is 6.51. The minimum Gasteiger partial charge on any atom is -0.479 e. The van der Waals surface area contributed by atoms with Gasteiger partial charge in [0.2, 0.25) is 0 Å². The zero-order valence-electron chi connectivity index (χ0n) is 18.4. The van der Waals surface area contributed by atoms with Crippen LogP contribution in [0.15, 0.2) is 36.5 Å². The molecular weight excluding hydrogens is 409 g/mol. The zero-order chi connectivity index (χ0) is 22.6. The molecule has 1 aliphatic rings. The van der Waals surface area contributed by atoms with Crippen LogP contribution in [-0.2, 0) is 9.53 Å². The van der Waals surface area contributed by atoms with E-state index in [1.54, 1.807) is 13.1 Å². The molecule has 2 N–H and O–H groups in total. The summed E-state index contributed by atoms with van der Waals surface area (Å²) in [5, 5.41) is 18.7. The summed E-state index contributed by atoms with van der Waals surface area (Å²) in [6.45, 7) is 6.44. The smallest absolute Gasteiger partial charge is 0.332 e. The number of nitrogens with zero attached hydrogens (tertiary/aromatic N) is 2. The molecule has 166 valence electrons. The average Bonchev–Trinajstić information content (AvgIpc) is 3.36. The zero-order valence-corrected chi connectivity index (χ0v) is 18.4. The molecule has 5 rings (SSSR count). The minimum atomic E-state index is -0.907. The van der Waals surface area contributed by atoms with Gasteiger partial charge in [-0.2, -0.15) is 5.10 Å². The van der Waals surface area contributed by atoms with Gasteiger partial charge in [0.25, 0.3) is 0 Å². The van der Waals surface area contributed by atoms with Gasteiger partial charge in [-0.3, -0.25) is 5.10 Å². The lowest BCUT2D eigenvalue weighted by Crippen LogP contribution is -2.31. The second-order valence-electron chi connectivity index (χ2n) is 8.98. The quantitative estimate of drug-likeness (QED) is 0.448. The highest BCUT2D eigenvalue weighted by molar-refractivity contribution is 5.99. The Morgan fingerprint density at radius 1 is 1.28 bits per heavy atom. The Balaban J connectivity index is 1.78. The topological polar surface area (TPSA) is 80.1 Å². The lowest BCUT2D eigenvalue weighted by atomic mass is 9.87. The number of carboxylic acid groups (broad SMARTS) is 1. The van der Waals surface area contributed by atoms with Gasteiger partial charge < -0.3 is 14.4 Å². The van der Waals surface area contributed by atoms with Crippen LogP contribution in [0.3, 0.4) is 0 Å². The first-order valence-electron chi connectivity index (χ1n) is 11.0. The molecule has 1 fully saturated rings. The van der Waals surface area contributed by atoms with Crippen molar-refractivity contribution in [3.8, 4) is 5.69 Å². The highest BCUT2D eigenvalue weighted by Crippen LogP contribution is 2.43. The summed E-state index contributed by atoms with van der Waals surface area (Å²) in [7, 11) is 0. The molecule has 1 unspecified atom stereocenters. The van der Waals surface area contributed by atoms with Gasteiger partial charge in [0.1, 0.15) is 5.82 Å². The molecule has 32 heavy (non-hydrogen) atoms. The maximum absolute atomic E-state index is 14.1. The van der Waals surface area contributed by atoms with E-state index in [1.165, 1.54) is 11.6 Å². The molecule has 6 nitrogen and oxygen atoms in total. The molecule has 1 saturated heterocycles. The van der Waals surface area contributed by atoms with Crippen LogP contribution in [-0.4, -0.2) is 38.6 Å². The summed E-state index contributed by atoms with van der Waals surface area (Å²) in [4.78, 5) is 11.4. The average molecular weight is 435 g/mol. The summed E-state index contributed by atoms with van der Waals surface area (Å²) < 4.78 is 22.0. The lowest BCUT2D eigenvalue weighted by Gasteiger charge is -2.28. The number of aliphatic carboxylic acids is 1. The number of aromatic amines is 1. The number of aromatic nitrogens is 3. The number of H-pyrrole nitrogens is 1. The van der Waals surface area contributed by atoms with Gasteiger partial charge in [-0.1, -0.05) is 13.8 Å². The first kappa shape index (κ1) is 20.7. The third kappa shape index (κ3) is 3.28. The molecule has 2 atom stereocenters. The van der Waals surface area contributed by atoms with E-state index in [4.69, 9.17) is 4.74 Å². The van der Waals surface area contributed by atoms with Crippen molar-refractivity contribution in [1.82, 2.24) is 14.8 Å². The van der Waals surface area contributed by atoms with Crippen LogP contribution in [0.2, 0.25) is 0 Å². The molecule has 2 aromatic carbocycles. The Morgan fingerprint density at radius 3 is 2.75 bits per heavy atom. The van der Waals surface area contributed by atoms with E-state index in [0.717, 1.165) is 39.6 Å². The number of fused-ring (bicyclic) bond motifs is 2. The third-order valence-corrected chi connectivity index (χ3v) is 6.51. The van der Waals surface area contributed by atoms with Gasteiger partial charge in [0.15, 0.2) is 6.10 Å². The number of rotatable bonds is 4. The molecule has 2 aromatic heterocycles. The van der Waals surface area contributed by atoms with E-state index in [0.29, 0.717) is 18.6 Å². The number of aryl methyl sites for hydroxylation is 1. The summed E-state index contributed by atoms with van der Waals surface area (Å²) in [5.41, 5.74) is 5.80. The fourth-order valence-electron chi connectivity index (χ4n) is 4.99. The number of ether oxygens (including phenoxy) is 1. The van der Waals surface area contributed by atoms with E-state index in [2.05, 4.69) is 40.7 Å². The molecule has 3 heterocycles. The van der Waals surface area contributed by atoms with E-state index >= 15 is 0 Å². The minimum absolute atomic E-state index is 0.0775. The molecule has 0 radical (unpaired) electrons. The van der Waals surface area contributed by atoms with Crippen molar-refractivity contribution in [2.24, 2.45) is 0 Å². The van der Waals surface area contributed by atoms with Crippen LogP contribution >= 0.6 is 0 Å². The molecule has 0 amide bonds. The first-order chi connectivity index (χ1) is 15.3. The van der Waals surface area contributed by atoms with Crippen LogP contribution in [0.5, 0.6) is 0 Å². The monoisotopic (exact) mass is 435 g/mol. The number of hydrogen-bond acceptors (Lipinski definition) is 3. The lowest BCUT2D eigenvalue weighted by molar-refractivity contribution is -0.153. The maximum Gasteiger partial charge on any atom is 0.332 e. The van der Waals surface area contributed by atoms with Gasteiger partial charge in [-0.15, -0.1) is 0 Å². The van der Waals surface area contributed by atoms with Crippen molar-refractivity contribution in [2.75, 3.05) is 6.61 Å². The van der Waals surface area contributed by atoms with Crippen LogP contribution in [0.4, 0.5) is 4.39 Å². The molecule has 0 spiro atoms. The maximum atomic E-state index is 14.1. The van der Waals surface area contributed by atoms with E-state index in [-0.39, 0.29) is 17.7 Å². The fourth-order valence-corrected chi connectivity index (χ4v) is 4.99. The first-order valence-corrected chi connectivity index (χ1v) is 11.0. The van der Waals surface area contributed by atoms with Gasteiger partial charge in [-0.05, 0) is 67.1 Å². The second kappa shape index (κ2) is 7.74. The molecule has 0 aliphatic carbocycles. The number of carboxylic acids is 1. The number of benzene rings is 2. The summed E-state index contributed by atoms with van der Waals surface area (Å²) in [5.74, 6) is -0.866.